The molecule has 11 heteroatoms. The Labute approximate surface area is 166 Å². The Morgan fingerprint density at radius 3 is 2.21 bits per heavy atom. The molecule has 0 aliphatic carbocycles. The Bertz CT molecular complexity index is 958. The molecule has 1 amide bonds. The first-order valence-corrected chi connectivity index (χ1v) is 8.38. The molecule has 0 bridgehead atoms. The van der Waals surface area contributed by atoms with E-state index in [2.05, 4.69) is 21.2 Å². The molecule has 10 nitrogen and oxygen atoms in total. The van der Waals surface area contributed by atoms with E-state index in [0.29, 0.717) is 10.0 Å². The third-order valence-electron chi connectivity index (χ3n) is 3.30. The summed E-state index contributed by atoms with van der Waals surface area (Å²) in [7, 11) is 0. The minimum Gasteiger partial charge on any atom is -0.452 e. The highest BCUT2D eigenvalue weighted by atomic mass is 79.9. The Kier molecular flexibility index (Phi) is 6.93. The highest BCUT2D eigenvalue weighted by Crippen LogP contribution is 2.27. The van der Waals surface area contributed by atoms with E-state index in [9.17, 15) is 29.8 Å². The molecule has 0 fully saturated rings. The number of carbonyl (C=O) groups is 2. The fraction of sp³-hybridized carbons (Fsp3) is 0.0588. The van der Waals surface area contributed by atoms with E-state index >= 15 is 0 Å². The van der Waals surface area contributed by atoms with E-state index in [1.54, 1.807) is 0 Å². The summed E-state index contributed by atoms with van der Waals surface area (Å²) >= 11 is 3.11. The number of hydrogen-bond acceptors (Lipinski definition) is 7. The first-order valence-electron chi connectivity index (χ1n) is 7.59. The molecule has 144 valence electrons. The Morgan fingerprint density at radius 1 is 1.04 bits per heavy atom. The maximum absolute atomic E-state index is 11.8. The number of nitrogens with one attached hydrogen (secondary N) is 1. The van der Waals surface area contributed by atoms with E-state index in [4.69, 9.17) is 4.74 Å². The minimum atomic E-state index is -0.781. The number of carbonyl (C=O) groups excluding carboxylic acids is 2. The molecule has 0 atom stereocenters. The lowest BCUT2D eigenvalue weighted by Crippen LogP contribution is -2.20. The highest BCUT2D eigenvalue weighted by Gasteiger charge is 2.12. The van der Waals surface area contributed by atoms with Crippen molar-refractivity contribution in [2.45, 2.75) is 0 Å². The van der Waals surface area contributed by atoms with Gasteiger partial charge in [0.05, 0.1) is 15.5 Å². The lowest BCUT2D eigenvalue weighted by molar-refractivity contribution is -0.385. The molecule has 0 spiro atoms. The molecule has 0 aliphatic heterocycles. The molecular formula is C17H12BrN3O7. The quantitative estimate of drug-likeness (QED) is 0.295. The highest BCUT2D eigenvalue weighted by molar-refractivity contribution is 9.10. The summed E-state index contributed by atoms with van der Waals surface area (Å²) in [5, 5.41) is 23.7. The SMILES string of the molecule is O=C(COC(=O)C=Cc1ccc([N+](=O)[O-])cc1)Nc1ccc([N+](=O)[O-])cc1Br. The summed E-state index contributed by atoms with van der Waals surface area (Å²) in [6.45, 7) is -0.563. The third-order valence-corrected chi connectivity index (χ3v) is 3.95. The van der Waals surface area contributed by atoms with Gasteiger partial charge in [0.1, 0.15) is 0 Å². The number of hydrogen-bond donors (Lipinski definition) is 1. The normalized spacial score (nSPS) is 10.5. The summed E-state index contributed by atoms with van der Waals surface area (Å²) in [5.41, 5.74) is 0.608. The number of benzene rings is 2. The van der Waals surface area contributed by atoms with E-state index in [1.807, 2.05) is 0 Å². The Hall–Kier alpha value is -3.60. The van der Waals surface area contributed by atoms with Gasteiger partial charge in [-0.1, -0.05) is 0 Å². The van der Waals surface area contributed by atoms with Crippen molar-refractivity contribution in [2.75, 3.05) is 11.9 Å². The number of halogens is 1. The summed E-state index contributed by atoms with van der Waals surface area (Å²) in [4.78, 5) is 43.6. The maximum atomic E-state index is 11.8. The molecule has 0 unspecified atom stereocenters. The second-order valence-electron chi connectivity index (χ2n) is 5.26. The van der Waals surface area contributed by atoms with Gasteiger partial charge in [-0.15, -0.1) is 0 Å². The number of esters is 1. The van der Waals surface area contributed by atoms with Gasteiger partial charge in [0.2, 0.25) is 0 Å². The van der Waals surface area contributed by atoms with E-state index in [0.717, 1.165) is 6.08 Å². The van der Waals surface area contributed by atoms with E-state index in [-0.39, 0.29) is 17.1 Å². The molecule has 2 aromatic rings. The number of anilines is 1. The number of nitro benzene ring substituents is 2. The number of non-ortho nitro benzene ring substituents is 2. The van der Waals surface area contributed by atoms with Crippen LogP contribution in [0.5, 0.6) is 0 Å². The maximum Gasteiger partial charge on any atom is 0.331 e. The smallest absolute Gasteiger partial charge is 0.331 e. The van der Waals surface area contributed by atoms with Crippen molar-refractivity contribution >= 4 is 50.9 Å². The number of nitro groups is 2. The Morgan fingerprint density at radius 2 is 1.64 bits per heavy atom. The lowest BCUT2D eigenvalue weighted by Gasteiger charge is -2.07. The van der Waals surface area contributed by atoms with Gasteiger partial charge in [-0.2, -0.15) is 0 Å². The summed E-state index contributed by atoms with van der Waals surface area (Å²) in [6, 6.07) is 9.30. The van der Waals surface area contributed by atoms with Crippen molar-refractivity contribution in [2.24, 2.45) is 0 Å². The van der Waals surface area contributed by atoms with Crippen LogP contribution in [-0.2, 0) is 14.3 Å². The topological polar surface area (TPSA) is 142 Å². The summed E-state index contributed by atoms with van der Waals surface area (Å²) < 4.78 is 5.10. The van der Waals surface area contributed by atoms with Crippen LogP contribution in [0, 0.1) is 20.2 Å². The lowest BCUT2D eigenvalue weighted by atomic mass is 10.2. The fourth-order valence-corrected chi connectivity index (χ4v) is 2.43. The minimum absolute atomic E-state index is 0.0752. The Balaban J connectivity index is 1.86. The van der Waals surface area contributed by atoms with Crippen LogP contribution in [0.3, 0.4) is 0 Å². The third kappa shape index (κ3) is 5.99. The number of rotatable bonds is 7. The van der Waals surface area contributed by atoms with Crippen LogP contribution in [0.1, 0.15) is 5.56 Å². The van der Waals surface area contributed by atoms with Crippen LogP contribution in [0.4, 0.5) is 17.1 Å². The van der Waals surface area contributed by atoms with Gasteiger partial charge in [-0.05, 0) is 45.8 Å². The standard InChI is InChI=1S/C17H12BrN3O7/c18-14-9-13(21(26)27)6-7-15(14)19-16(22)10-28-17(23)8-3-11-1-4-12(5-2-11)20(24)25/h1-9H,10H2,(H,19,22). The predicted octanol–water partition coefficient (Wildman–Crippen LogP) is 3.46. The molecule has 28 heavy (non-hydrogen) atoms. The van der Waals surface area contributed by atoms with Gasteiger partial charge in [0.25, 0.3) is 17.3 Å². The van der Waals surface area contributed by atoms with Crippen molar-refractivity contribution in [3.8, 4) is 0 Å². The average molecular weight is 450 g/mol. The van der Waals surface area contributed by atoms with Gasteiger partial charge in [0, 0.05) is 34.8 Å². The van der Waals surface area contributed by atoms with Crippen molar-refractivity contribution < 1.29 is 24.2 Å². The van der Waals surface area contributed by atoms with Gasteiger partial charge >= 0.3 is 5.97 Å². The van der Waals surface area contributed by atoms with Crippen molar-refractivity contribution in [3.63, 3.8) is 0 Å². The number of amides is 1. The van der Waals surface area contributed by atoms with Crippen LogP contribution in [0.25, 0.3) is 6.08 Å². The van der Waals surface area contributed by atoms with Crippen molar-refractivity contribution in [1.29, 1.82) is 0 Å². The number of nitrogens with zero attached hydrogens (tertiary/aromatic N) is 2. The summed E-state index contributed by atoms with van der Waals surface area (Å²) in [5.74, 6) is -1.41. The second kappa shape index (κ2) is 9.37. The van der Waals surface area contributed by atoms with E-state index in [1.165, 1.54) is 48.5 Å². The molecule has 0 heterocycles. The molecule has 0 aliphatic rings. The molecule has 2 aromatic carbocycles. The van der Waals surface area contributed by atoms with E-state index < -0.39 is 28.3 Å². The fourth-order valence-electron chi connectivity index (χ4n) is 1.96. The van der Waals surface area contributed by atoms with Crippen LogP contribution >= 0.6 is 15.9 Å². The first-order chi connectivity index (χ1) is 13.3. The zero-order chi connectivity index (χ0) is 20.7. The number of ether oxygens (including phenoxy) is 1. The second-order valence-corrected chi connectivity index (χ2v) is 6.11. The molecule has 0 saturated carbocycles. The predicted molar refractivity (Wildman–Crippen MR) is 103 cm³/mol. The van der Waals surface area contributed by atoms with Crippen molar-refractivity contribution in [1.82, 2.24) is 0 Å². The van der Waals surface area contributed by atoms with Crippen LogP contribution in [0.2, 0.25) is 0 Å². The van der Waals surface area contributed by atoms with Crippen molar-refractivity contribution in [3.05, 3.63) is 78.8 Å². The monoisotopic (exact) mass is 449 g/mol. The molecule has 1 N–H and O–H groups in total. The van der Waals surface area contributed by atoms with Crippen LogP contribution in [-0.4, -0.2) is 28.3 Å². The van der Waals surface area contributed by atoms with Gasteiger partial charge in [-0.25, -0.2) is 4.79 Å². The van der Waals surface area contributed by atoms with Gasteiger partial charge in [-0.3, -0.25) is 25.0 Å². The molecule has 0 saturated heterocycles. The summed E-state index contributed by atoms with van der Waals surface area (Å²) in [6.07, 6.45) is 2.47. The van der Waals surface area contributed by atoms with Crippen LogP contribution < -0.4 is 5.32 Å². The molecule has 0 radical (unpaired) electrons. The zero-order valence-electron chi connectivity index (χ0n) is 14.0. The zero-order valence-corrected chi connectivity index (χ0v) is 15.6. The van der Waals surface area contributed by atoms with Crippen LogP contribution in [0.15, 0.2) is 53.0 Å². The largest absolute Gasteiger partial charge is 0.452 e. The average Bonchev–Trinajstić information content (AvgIpc) is 2.66. The van der Waals surface area contributed by atoms with Gasteiger partial charge in [0.15, 0.2) is 6.61 Å². The van der Waals surface area contributed by atoms with Gasteiger partial charge < -0.3 is 10.1 Å². The molecule has 2 rings (SSSR count). The first kappa shape index (κ1) is 20.7. The molecular weight excluding hydrogens is 438 g/mol. The molecule has 0 aromatic heterocycles.